The van der Waals surface area contributed by atoms with Crippen LogP contribution >= 0.6 is 12.2 Å². The van der Waals surface area contributed by atoms with Crippen LogP contribution in [-0.2, 0) is 21.7 Å². The molecule has 0 unspecified atom stereocenters. The van der Waals surface area contributed by atoms with Crippen molar-refractivity contribution in [2.24, 2.45) is 10.8 Å². The Bertz CT molecular complexity index is 3480. The molecule has 10 rings (SSSR count). The number of benzene rings is 6. The van der Waals surface area contributed by atoms with Crippen LogP contribution in [0.4, 0.5) is 0 Å². The van der Waals surface area contributed by atoms with Gasteiger partial charge in [0.15, 0.2) is 11.2 Å². The Hall–Kier alpha value is -7.32. The van der Waals surface area contributed by atoms with E-state index in [0.29, 0.717) is 50.1 Å². The fraction of sp³-hybridized carbons (Fsp3) is 0.367. The first-order valence-electron chi connectivity index (χ1n) is 25.2. The summed E-state index contributed by atoms with van der Waals surface area (Å²) in [6.07, 6.45) is 1.93. The maximum absolute atomic E-state index is 11.7. The molecule has 14 heteroatoms. The summed E-state index contributed by atoms with van der Waals surface area (Å²) in [5.74, 6) is -0.181. The summed E-state index contributed by atoms with van der Waals surface area (Å²) in [6.45, 7) is 31.1. The lowest BCUT2D eigenvalue weighted by Crippen LogP contribution is -2.27. The van der Waals surface area contributed by atoms with E-state index in [1.165, 1.54) is 4.80 Å². The van der Waals surface area contributed by atoms with Crippen LogP contribution in [0.15, 0.2) is 123 Å². The zero-order valence-corrected chi connectivity index (χ0v) is 45.8. The number of nitrogens with zero attached hydrogens (tertiary/aromatic N) is 6. The lowest BCUT2D eigenvalue weighted by molar-refractivity contribution is 0.283. The van der Waals surface area contributed by atoms with E-state index in [1.807, 2.05) is 54.6 Å². The van der Waals surface area contributed by atoms with Gasteiger partial charge in [0.1, 0.15) is 44.9 Å². The fourth-order valence-corrected chi connectivity index (χ4v) is 11.3. The quantitative estimate of drug-likeness (QED) is 0.0964. The van der Waals surface area contributed by atoms with Crippen molar-refractivity contribution in [2.75, 3.05) is 0 Å². The van der Waals surface area contributed by atoms with Gasteiger partial charge in [0.25, 0.3) is 4.84 Å². The zero-order chi connectivity index (χ0) is 53.5. The van der Waals surface area contributed by atoms with E-state index < -0.39 is 16.6 Å². The SMILES string of the molecule is CC(C)(C)CC(C)(C)c1cc(-n2nc3cc4[nH]c(=O)oc4cc3n2)c(O)c(C(C)(C)c2ccccc2)c1.CC(C)(C)CC(C)(C)c1cc(-n2nc3cc4oc(=S)nc4cc3[nH]2)c(O)c(C(C)(C)c2ccccc2)c1. The molecule has 0 spiro atoms. The molecule has 384 valence electrons. The predicted molar refractivity (Wildman–Crippen MR) is 298 cm³/mol. The summed E-state index contributed by atoms with van der Waals surface area (Å²) in [5.41, 5.74) is 11.1. The monoisotopic (exact) mass is 1010 g/mol. The first-order chi connectivity index (χ1) is 34.5. The molecule has 6 aromatic carbocycles. The molecule has 0 aliphatic heterocycles. The number of aromatic nitrogens is 8. The largest absolute Gasteiger partial charge is 0.505 e. The molecule has 13 nitrogen and oxygen atoms in total. The molecule has 4 N–H and O–H groups in total. The number of oxazole rings is 2. The van der Waals surface area contributed by atoms with Crippen LogP contribution in [0.5, 0.6) is 11.5 Å². The Morgan fingerprint density at radius 1 is 0.527 bits per heavy atom. The molecular weight excluding hydrogens is 945 g/mol. The minimum absolute atomic E-state index is 0.111. The molecule has 4 aromatic heterocycles. The maximum atomic E-state index is 11.7. The molecule has 0 fully saturated rings. The number of fused-ring (bicyclic) bond motifs is 4. The van der Waals surface area contributed by atoms with Gasteiger partial charge < -0.3 is 19.0 Å². The molecule has 0 amide bonds. The highest BCUT2D eigenvalue weighted by atomic mass is 32.1. The smallest absolute Gasteiger partial charge is 0.417 e. The van der Waals surface area contributed by atoms with Gasteiger partial charge >= 0.3 is 5.76 Å². The molecule has 0 saturated carbocycles. The number of nitrogens with one attached hydrogen (secondary N) is 2. The lowest BCUT2D eigenvalue weighted by Gasteiger charge is -2.35. The molecule has 0 saturated heterocycles. The van der Waals surface area contributed by atoms with Crippen LogP contribution < -0.4 is 5.76 Å². The van der Waals surface area contributed by atoms with E-state index in [2.05, 4.69) is 165 Å². The second-order valence-electron chi connectivity index (χ2n) is 24.7. The van der Waals surface area contributed by atoms with Crippen molar-refractivity contribution < 1.29 is 19.0 Å². The van der Waals surface area contributed by atoms with E-state index in [1.54, 1.807) is 16.9 Å². The highest BCUT2D eigenvalue weighted by Gasteiger charge is 2.36. The molecule has 0 aliphatic rings. The number of phenolic OH excluding ortho intramolecular Hbond substituents is 2. The van der Waals surface area contributed by atoms with Gasteiger partial charge in [0.05, 0.1) is 11.0 Å². The molecule has 4 heterocycles. The number of aromatic hydroxyl groups is 2. The summed E-state index contributed by atoms with van der Waals surface area (Å²) >= 11 is 5.07. The van der Waals surface area contributed by atoms with Crippen LogP contribution in [0.3, 0.4) is 0 Å². The van der Waals surface area contributed by atoms with E-state index in [4.69, 9.17) is 26.2 Å². The summed E-state index contributed by atoms with van der Waals surface area (Å²) in [6, 6.07) is 36.0. The molecule has 0 aliphatic carbocycles. The summed E-state index contributed by atoms with van der Waals surface area (Å²) in [4.78, 5) is 21.9. The van der Waals surface area contributed by atoms with Gasteiger partial charge in [-0.2, -0.15) is 9.78 Å². The van der Waals surface area contributed by atoms with Gasteiger partial charge in [-0.25, -0.2) is 4.79 Å². The van der Waals surface area contributed by atoms with E-state index in [9.17, 15) is 15.0 Å². The number of phenols is 2. The summed E-state index contributed by atoms with van der Waals surface area (Å²) in [7, 11) is 0. The van der Waals surface area contributed by atoms with Crippen LogP contribution in [-0.4, -0.2) is 50.2 Å². The van der Waals surface area contributed by atoms with Crippen molar-refractivity contribution >= 4 is 56.5 Å². The first-order valence-corrected chi connectivity index (χ1v) is 25.6. The third-order valence-corrected chi connectivity index (χ3v) is 14.5. The normalized spacial score (nSPS) is 13.1. The number of aromatic amines is 2. The standard InChI is InChI=1S/C30H34N4O3.C30H34N4O2S/c1-28(2,3)17-29(4,5)19-13-20(30(6,7)18-11-9-8-10-12-18)26(35)24(14-19)34-32-21-15-23-25(16-22(21)33-34)37-27(36)31-23;1-28(2,3)17-29(4,5)19-13-20(30(6,7)18-11-9-8-10-12-18)26(35)24(14-19)34-32-21-15-23-25(16-22(21)33-34)36-27(37)31-23/h8-16,35H,17H2,1-7H3,(H,31,36);8-16,32,35H,17H2,1-7H3. The van der Waals surface area contributed by atoms with Crippen molar-refractivity contribution in [3.8, 4) is 22.9 Å². The van der Waals surface area contributed by atoms with Gasteiger partial charge in [0, 0.05) is 34.1 Å². The Kier molecular flexibility index (Phi) is 12.7. The van der Waals surface area contributed by atoms with E-state index in [0.717, 1.165) is 51.7 Å². The minimum Gasteiger partial charge on any atom is -0.505 e. The summed E-state index contributed by atoms with van der Waals surface area (Å²) < 4.78 is 10.7. The predicted octanol–water partition coefficient (Wildman–Crippen LogP) is 14.6. The minimum atomic E-state index is -0.519. The van der Waals surface area contributed by atoms with Crippen molar-refractivity contribution in [1.82, 2.24) is 40.0 Å². The molecule has 74 heavy (non-hydrogen) atoms. The van der Waals surface area contributed by atoms with Gasteiger partial charge in [-0.1, -0.05) is 170 Å². The molecule has 0 bridgehead atoms. The number of hydrogen-bond donors (Lipinski definition) is 4. The zero-order valence-electron chi connectivity index (χ0n) is 45.0. The molecule has 10 aromatic rings. The van der Waals surface area contributed by atoms with E-state index in [-0.39, 0.29) is 38.0 Å². The Labute approximate surface area is 436 Å². The Morgan fingerprint density at radius 2 is 1.00 bits per heavy atom. The fourth-order valence-electron chi connectivity index (χ4n) is 11.1. The number of H-pyrrole nitrogens is 2. The highest BCUT2D eigenvalue weighted by molar-refractivity contribution is 7.71. The van der Waals surface area contributed by atoms with Crippen molar-refractivity contribution in [3.05, 3.63) is 158 Å². The number of rotatable bonds is 10. The molecule has 0 atom stereocenters. The van der Waals surface area contributed by atoms with Crippen LogP contribution in [0.2, 0.25) is 0 Å². The van der Waals surface area contributed by atoms with E-state index >= 15 is 0 Å². The highest BCUT2D eigenvalue weighted by Crippen LogP contribution is 2.47. The second kappa shape index (κ2) is 18.3. The first kappa shape index (κ1) is 51.6. The van der Waals surface area contributed by atoms with Crippen LogP contribution in [0, 0.1) is 15.7 Å². The van der Waals surface area contributed by atoms with Crippen LogP contribution in [0.25, 0.3) is 55.6 Å². The topological polar surface area (TPSA) is 177 Å². The maximum Gasteiger partial charge on any atom is 0.417 e. The third kappa shape index (κ3) is 10.2. The van der Waals surface area contributed by atoms with Crippen molar-refractivity contribution in [2.45, 2.75) is 131 Å². The van der Waals surface area contributed by atoms with Crippen molar-refractivity contribution in [1.29, 1.82) is 0 Å². The Morgan fingerprint density at radius 3 is 1.53 bits per heavy atom. The second-order valence-corrected chi connectivity index (χ2v) is 25.0. The van der Waals surface area contributed by atoms with Gasteiger partial charge in [-0.15, -0.1) is 20.1 Å². The third-order valence-electron chi connectivity index (χ3n) is 14.3. The van der Waals surface area contributed by atoms with Gasteiger partial charge in [-0.05, 0) is 93.2 Å². The average molecular weight is 1010 g/mol. The van der Waals surface area contributed by atoms with Gasteiger partial charge in [-0.3, -0.25) is 10.1 Å². The molecule has 0 radical (unpaired) electrons. The molecular formula is C60H68N8O5S. The average Bonchev–Trinajstić information content (AvgIpc) is 4.09. The van der Waals surface area contributed by atoms with Crippen LogP contribution in [0.1, 0.15) is 143 Å². The van der Waals surface area contributed by atoms with Crippen molar-refractivity contribution in [3.63, 3.8) is 0 Å². The lowest BCUT2D eigenvalue weighted by atomic mass is 9.70. The summed E-state index contributed by atoms with van der Waals surface area (Å²) in [5, 5.41) is 40.9. The Balaban J connectivity index is 0.000000182. The van der Waals surface area contributed by atoms with Gasteiger partial charge in [0.2, 0.25) is 0 Å². The number of hydrogen-bond acceptors (Lipinski definition) is 10.